The molecule has 0 atom stereocenters. The van der Waals surface area contributed by atoms with Gasteiger partial charge < -0.3 is 14.0 Å². The van der Waals surface area contributed by atoms with E-state index in [0.717, 1.165) is 61.2 Å². The van der Waals surface area contributed by atoms with Gasteiger partial charge in [-0.15, -0.1) is 54.1 Å². The van der Waals surface area contributed by atoms with Gasteiger partial charge in [-0.25, -0.2) is 0 Å². The van der Waals surface area contributed by atoms with Crippen LogP contribution in [0, 0.1) is 32.9 Å². The van der Waals surface area contributed by atoms with Crippen molar-refractivity contribution in [1.82, 2.24) is 19.5 Å². The molecule has 8 rings (SSSR count). The molecule has 0 unspecified atom stereocenters. The fourth-order valence-corrected chi connectivity index (χ4v) is 9.15. The van der Waals surface area contributed by atoms with Gasteiger partial charge in [-0.3, -0.25) is 9.97 Å². The van der Waals surface area contributed by atoms with E-state index in [9.17, 15) is 0 Å². The van der Waals surface area contributed by atoms with E-state index in [-0.39, 0.29) is 20.1 Å². The summed E-state index contributed by atoms with van der Waals surface area (Å²) in [6.45, 7) is 22.6. The van der Waals surface area contributed by atoms with Crippen molar-refractivity contribution in [2.24, 2.45) is 0 Å². The summed E-state index contributed by atoms with van der Waals surface area (Å²) in [5.41, 5.74) is 14.1. The maximum absolute atomic E-state index is 6.43. The molecule has 8 aromatic rings. The van der Waals surface area contributed by atoms with E-state index >= 15 is 0 Å². The van der Waals surface area contributed by atoms with Crippen LogP contribution in [0.3, 0.4) is 0 Å². The van der Waals surface area contributed by atoms with Crippen LogP contribution in [0.5, 0.6) is 0 Å². The minimum absolute atomic E-state index is 0. The first kappa shape index (κ1) is 39.0. The van der Waals surface area contributed by atoms with Crippen molar-refractivity contribution in [2.45, 2.75) is 79.9 Å². The summed E-state index contributed by atoms with van der Waals surface area (Å²) >= 11 is 0. The molecule has 54 heavy (non-hydrogen) atoms. The van der Waals surface area contributed by atoms with Crippen LogP contribution >= 0.6 is 0 Å². The summed E-state index contributed by atoms with van der Waals surface area (Å²) in [6.07, 6.45) is 5.84. The molecule has 0 aliphatic heterocycles. The van der Waals surface area contributed by atoms with E-state index in [0.29, 0.717) is 11.8 Å². The molecule has 277 valence electrons. The molecule has 0 spiro atoms. The van der Waals surface area contributed by atoms with Crippen molar-refractivity contribution in [3.05, 3.63) is 137 Å². The minimum atomic E-state index is -1.27. The number of imidazole rings is 1. The van der Waals surface area contributed by atoms with Gasteiger partial charge in [-0.05, 0) is 66.2 Å². The third kappa shape index (κ3) is 7.37. The van der Waals surface area contributed by atoms with Gasteiger partial charge in [0.25, 0.3) is 0 Å². The zero-order valence-electron chi connectivity index (χ0n) is 32.9. The van der Waals surface area contributed by atoms with Crippen molar-refractivity contribution in [3.8, 4) is 28.3 Å². The van der Waals surface area contributed by atoms with Gasteiger partial charge in [0.1, 0.15) is 5.58 Å². The Kier molecular flexibility index (Phi) is 11.3. The Morgan fingerprint density at radius 2 is 1.44 bits per heavy atom. The van der Waals surface area contributed by atoms with Crippen molar-refractivity contribution < 1.29 is 24.5 Å². The summed E-state index contributed by atoms with van der Waals surface area (Å²) in [7, 11) is -1.27. The average Bonchev–Trinajstić information content (AvgIpc) is 3.71. The third-order valence-corrected chi connectivity index (χ3v) is 12.1. The van der Waals surface area contributed by atoms with Gasteiger partial charge in [0, 0.05) is 43.6 Å². The van der Waals surface area contributed by atoms with Crippen LogP contribution in [0.25, 0.3) is 61.3 Å². The number of furan rings is 1. The van der Waals surface area contributed by atoms with E-state index < -0.39 is 8.07 Å². The number of para-hydroxylation sites is 1. The van der Waals surface area contributed by atoms with Gasteiger partial charge in [0.2, 0.25) is 0 Å². The standard InChI is InChI=1S/C32H30N3O.C15H18NSi.Ir/c1-18(2)25-14-20(5)15-26(19(3)4)30(25)35-29-21(6)16-33-17-27(29)34-32(35)24-12-9-11-23-22-10-7-8-13-28(22)36-31(23)24;1-12-10-14(13-8-6-5-7-9-13)16-11-15(12)17(2,3)4;/h7-11,13-19H,1-6H3;5-8,10-11H,1-4H3;/q2*-1;. The SMILES string of the molecule is Cc1cc(-c2[c-]cccc2)ncc1[Si](C)(C)C.Cc1cc(C(C)C)c(-n2c(-c3[c-]ccc4c3oc3ccccc34)nc3cncc(C)c32)c(C(C)C)c1.[Ir]. The summed E-state index contributed by atoms with van der Waals surface area (Å²) in [5.74, 6) is 1.52. The molecule has 4 aromatic carbocycles. The van der Waals surface area contributed by atoms with E-state index in [4.69, 9.17) is 9.40 Å². The van der Waals surface area contributed by atoms with Crippen LogP contribution in [0.4, 0.5) is 0 Å². The number of nitrogens with zero attached hydrogens (tertiary/aromatic N) is 4. The minimum Gasteiger partial charge on any atom is -0.501 e. The number of rotatable bonds is 6. The number of pyridine rings is 2. The molecule has 0 aliphatic rings. The molecule has 4 aromatic heterocycles. The zero-order valence-corrected chi connectivity index (χ0v) is 36.3. The number of benzene rings is 4. The van der Waals surface area contributed by atoms with Gasteiger partial charge in [0.05, 0.1) is 36.7 Å². The third-order valence-electron chi connectivity index (χ3n) is 9.99. The molecule has 0 saturated carbocycles. The maximum Gasteiger partial charge on any atom is 0.120 e. The first-order valence-electron chi connectivity index (χ1n) is 18.6. The van der Waals surface area contributed by atoms with Crippen molar-refractivity contribution in [3.63, 3.8) is 0 Å². The molecule has 7 heteroatoms. The molecule has 0 bridgehead atoms. The van der Waals surface area contributed by atoms with Crippen molar-refractivity contribution in [1.29, 1.82) is 0 Å². The van der Waals surface area contributed by atoms with Crippen LogP contribution in [0.1, 0.15) is 67.3 Å². The van der Waals surface area contributed by atoms with Crippen molar-refractivity contribution in [2.75, 3.05) is 0 Å². The normalized spacial score (nSPS) is 11.7. The van der Waals surface area contributed by atoms with E-state index in [1.54, 1.807) is 0 Å². The molecule has 1 radical (unpaired) electrons. The van der Waals surface area contributed by atoms with E-state index in [1.165, 1.54) is 33.1 Å². The summed E-state index contributed by atoms with van der Waals surface area (Å²) in [4.78, 5) is 14.2. The molecular formula is C47H48IrN4OSi-2. The van der Waals surface area contributed by atoms with Crippen LogP contribution in [0.2, 0.25) is 19.6 Å². The van der Waals surface area contributed by atoms with E-state index in [2.05, 4.69) is 137 Å². The number of hydrogen-bond acceptors (Lipinski definition) is 4. The van der Waals surface area contributed by atoms with Crippen LogP contribution in [-0.2, 0) is 20.1 Å². The quantitative estimate of drug-likeness (QED) is 0.123. The Morgan fingerprint density at radius 3 is 2.09 bits per heavy atom. The fraction of sp³-hybridized carbons (Fsp3) is 0.255. The van der Waals surface area contributed by atoms with Crippen LogP contribution in [0.15, 0.2) is 102 Å². The fourth-order valence-electron chi connectivity index (χ4n) is 7.44. The Morgan fingerprint density at radius 1 is 0.741 bits per heavy atom. The topological polar surface area (TPSA) is 56.7 Å². The molecule has 0 N–H and O–H groups in total. The molecule has 0 aliphatic carbocycles. The first-order valence-corrected chi connectivity index (χ1v) is 22.1. The molecule has 0 amide bonds. The second-order valence-corrected chi connectivity index (χ2v) is 20.8. The second-order valence-electron chi connectivity index (χ2n) is 15.8. The van der Waals surface area contributed by atoms with Gasteiger partial charge in [-0.2, -0.15) is 0 Å². The van der Waals surface area contributed by atoms with Gasteiger partial charge in [0.15, 0.2) is 0 Å². The maximum atomic E-state index is 6.43. The average molecular weight is 905 g/mol. The Bertz CT molecular complexity index is 2570. The smallest absolute Gasteiger partial charge is 0.120 e. The molecule has 0 fully saturated rings. The predicted octanol–water partition coefficient (Wildman–Crippen LogP) is 12.1. The van der Waals surface area contributed by atoms with Gasteiger partial charge >= 0.3 is 0 Å². The van der Waals surface area contributed by atoms with Crippen molar-refractivity contribution >= 4 is 46.2 Å². The second kappa shape index (κ2) is 15.6. The van der Waals surface area contributed by atoms with E-state index in [1.807, 2.05) is 54.9 Å². The first-order chi connectivity index (χ1) is 25.3. The van der Waals surface area contributed by atoms with Crippen LogP contribution in [-0.4, -0.2) is 27.6 Å². The van der Waals surface area contributed by atoms with Gasteiger partial charge in [-0.1, -0.05) is 106 Å². The summed E-state index contributed by atoms with van der Waals surface area (Å²) < 4.78 is 8.77. The summed E-state index contributed by atoms with van der Waals surface area (Å²) in [6, 6.07) is 33.8. The Hall–Kier alpha value is -4.68. The molecule has 5 nitrogen and oxygen atoms in total. The number of aryl methyl sites for hydroxylation is 3. The molecule has 4 heterocycles. The largest absolute Gasteiger partial charge is 0.501 e. The summed E-state index contributed by atoms with van der Waals surface area (Å²) in [5, 5.41) is 3.62. The monoisotopic (exact) mass is 905 g/mol. The molecular weight excluding hydrogens is 857 g/mol. The van der Waals surface area contributed by atoms with Crippen LogP contribution < -0.4 is 5.19 Å². The zero-order chi connectivity index (χ0) is 37.6. The number of aromatic nitrogens is 4. The number of hydrogen-bond donors (Lipinski definition) is 0. The predicted molar refractivity (Wildman–Crippen MR) is 224 cm³/mol. The molecule has 0 saturated heterocycles. The Balaban J connectivity index is 0.000000233. The number of fused-ring (bicyclic) bond motifs is 4. The Labute approximate surface area is 334 Å².